The molecule has 240 valence electrons. The zero-order valence-corrected chi connectivity index (χ0v) is 31.0. The number of fused-ring (bicyclic) bond motifs is 3. The summed E-state index contributed by atoms with van der Waals surface area (Å²) in [4.78, 5) is 0. The van der Waals surface area contributed by atoms with Crippen LogP contribution in [0.2, 0.25) is 0 Å². The summed E-state index contributed by atoms with van der Waals surface area (Å²) in [6, 6.07) is 40.0. The molecular formula is C40H39Cl2F3Zr-2. The molecule has 0 atom stereocenters. The van der Waals surface area contributed by atoms with E-state index in [-0.39, 0.29) is 35.6 Å². The van der Waals surface area contributed by atoms with Crippen LogP contribution in [-0.4, -0.2) is 3.21 Å². The Balaban J connectivity index is 0.000000270. The molecule has 0 radical (unpaired) electrons. The molecule has 0 nitrogen and oxygen atoms in total. The Morgan fingerprint density at radius 3 is 1.78 bits per heavy atom. The summed E-state index contributed by atoms with van der Waals surface area (Å²) in [5.41, 5.74) is 9.76. The van der Waals surface area contributed by atoms with Gasteiger partial charge < -0.3 is 24.8 Å². The minimum absolute atomic E-state index is 0. The molecule has 0 aliphatic heterocycles. The van der Waals surface area contributed by atoms with Gasteiger partial charge in [-0.2, -0.15) is 47.5 Å². The molecule has 0 unspecified atom stereocenters. The van der Waals surface area contributed by atoms with Gasteiger partial charge in [0.25, 0.3) is 0 Å². The molecule has 0 amide bonds. The molecule has 5 aromatic carbocycles. The predicted octanol–water partition coefficient (Wildman–Crippen LogP) is 4.89. The topological polar surface area (TPSA) is 0 Å². The quantitative estimate of drug-likeness (QED) is 0.222. The maximum Gasteiger partial charge on any atom is -0.172 e. The van der Waals surface area contributed by atoms with E-state index in [1.54, 1.807) is 6.07 Å². The standard InChI is InChI=1S/C21H25.C14H9F3.C5H5.2ClH.Zr/c1-20(2,3)16-9-7-14-11-15-8-10-17(21(4,5)6)13-19(15)18(14)12-16;15-14(16,17)13-8-4-7-12(10-13)9-11-5-2-1-3-6-11;1-2-4-5-3-1;;;/h7,9-10,12-13H,11H2,1-6H3;1-8,10H;1-5H;2*1H;/q-1;;-1;;;+2/p-2. The van der Waals surface area contributed by atoms with Crippen LogP contribution in [0.5, 0.6) is 0 Å². The Morgan fingerprint density at radius 1 is 0.652 bits per heavy atom. The molecule has 0 fully saturated rings. The fourth-order valence-electron chi connectivity index (χ4n) is 4.93. The van der Waals surface area contributed by atoms with Crippen LogP contribution >= 0.6 is 0 Å². The van der Waals surface area contributed by atoms with Gasteiger partial charge in [0.1, 0.15) is 0 Å². The molecule has 0 spiro atoms. The van der Waals surface area contributed by atoms with E-state index in [2.05, 4.69) is 77.9 Å². The Bertz CT molecular complexity index is 1610. The molecule has 0 aromatic heterocycles. The number of alkyl halides is 3. The summed E-state index contributed by atoms with van der Waals surface area (Å²) in [5.74, 6) is 0. The molecule has 6 rings (SSSR count). The van der Waals surface area contributed by atoms with Crippen molar-refractivity contribution in [3.8, 4) is 11.1 Å². The molecule has 0 heterocycles. The minimum atomic E-state index is -4.29. The van der Waals surface area contributed by atoms with Crippen LogP contribution < -0.4 is 24.8 Å². The van der Waals surface area contributed by atoms with Crippen molar-refractivity contribution in [3.63, 3.8) is 0 Å². The molecule has 1 aliphatic carbocycles. The van der Waals surface area contributed by atoms with E-state index >= 15 is 0 Å². The third kappa shape index (κ3) is 10.4. The fraction of sp³-hybridized carbons (Fsp3) is 0.250. The van der Waals surface area contributed by atoms with Crippen molar-refractivity contribution in [3.05, 3.63) is 160 Å². The Hall–Kier alpha value is -2.65. The van der Waals surface area contributed by atoms with Crippen LogP contribution in [0.4, 0.5) is 13.2 Å². The first kappa shape index (κ1) is 39.5. The van der Waals surface area contributed by atoms with Crippen molar-refractivity contribution in [2.45, 2.75) is 65.0 Å². The van der Waals surface area contributed by atoms with Gasteiger partial charge >= 0.3 is 118 Å². The zero-order chi connectivity index (χ0) is 32.1. The molecule has 6 heteroatoms. The number of benzene rings is 4. The van der Waals surface area contributed by atoms with E-state index in [9.17, 15) is 13.2 Å². The second kappa shape index (κ2) is 16.5. The second-order valence-corrected chi connectivity index (χ2v) is 14.3. The zero-order valence-electron chi connectivity index (χ0n) is 27.1. The van der Waals surface area contributed by atoms with Gasteiger partial charge in [-0.3, -0.25) is 0 Å². The van der Waals surface area contributed by atoms with E-state index in [1.165, 1.54) is 45.5 Å². The summed E-state index contributed by atoms with van der Waals surface area (Å²) in [6.45, 7) is 13.6. The summed E-state index contributed by atoms with van der Waals surface area (Å²) in [6.07, 6.45) is -3.26. The van der Waals surface area contributed by atoms with E-state index in [4.69, 9.17) is 0 Å². The van der Waals surface area contributed by atoms with Crippen molar-refractivity contribution in [2.24, 2.45) is 0 Å². The smallest absolute Gasteiger partial charge is 0.172 e. The van der Waals surface area contributed by atoms with Crippen LogP contribution in [0, 0.1) is 6.07 Å². The first-order chi connectivity index (χ1) is 20.6. The molecular weight excluding hydrogens is 700 g/mol. The van der Waals surface area contributed by atoms with Crippen LogP contribution in [0.1, 0.15) is 80.5 Å². The van der Waals surface area contributed by atoms with E-state index in [0.717, 1.165) is 45.5 Å². The Labute approximate surface area is 300 Å². The van der Waals surface area contributed by atoms with Crippen LogP contribution in [0.15, 0.2) is 115 Å². The Morgan fingerprint density at radius 2 is 1.24 bits per heavy atom. The summed E-state index contributed by atoms with van der Waals surface area (Å²) in [5, 5.41) is 0. The third-order valence-electron chi connectivity index (χ3n) is 7.62. The van der Waals surface area contributed by atoms with Crippen LogP contribution in [-0.2, 0) is 47.7 Å². The van der Waals surface area contributed by atoms with Gasteiger partial charge in [-0.1, -0.05) is 76.3 Å². The van der Waals surface area contributed by atoms with Crippen molar-refractivity contribution in [1.82, 2.24) is 0 Å². The SMILES string of the molecule is CC(C)(C)c1c[c-]c2c(c1)-c1cc(C(C)(C)C)ccc1C2.FC(F)(F)c1cccc([C](=[Zr+2])c2ccccc2)c1.[Cl-].[Cl-].c1cc[cH-]c1. The molecule has 0 saturated heterocycles. The van der Waals surface area contributed by atoms with Gasteiger partial charge in [0.2, 0.25) is 0 Å². The average molecular weight is 739 g/mol. The molecule has 0 N–H and O–H groups in total. The van der Waals surface area contributed by atoms with Gasteiger partial charge in [-0.25, -0.2) is 12.1 Å². The first-order valence-corrected chi connectivity index (χ1v) is 16.0. The molecule has 0 saturated carbocycles. The minimum Gasteiger partial charge on any atom is -1.00 e. The molecule has 0 bridgehead atoms. The fourth-order valence-corrected chi connectivity index (χ4v) is 5.72. The maximum atomic E-state index is 12.6. The summed E-state index contributed by atoms with van der Waals surface area (Å²) < 4.78 is 38.8. The van der Waals surface area contributed by atoms with Crippen molar-refractivity contribution in [1.29, 1.82) is 0 Å². The van der Waals surface area contributed by atoms with Crippen LogP contribution in [0.3, 0.4) is 0 Å². The molecule has 1 aliphatic rings. The maximum absolute atomic E-state index is 12.6. The average Bonchev–Trinajstić information content (AvgIpc) is 3.68. The number of rotatable bonds is 2. The van der Waals surface area contributed by atoms with Gasteiger partial charge in [0.15, 0.2) is 0 Å². The van der Waals surface area contributed by atoms with Crippen molar-refractivity contribution < 1.29 is 62.2 Å². The number of hydrogen-bond acceptors (Lipinski definition) is 0. The first-order valence-electron chi connectivity index (χ1n) is 14.8. The third-order valence-corrected chi connectivity index (χ3v) is 9.04. The molecule has 5 aromatic rings. The van der Waals surface area contributed by atoms with Gasteiger partial charge in [-0.15, -0.1) is 5.56 Å². The van der Waals surface area contributed by atoms with E-state index < -0.39 is 11.7 Å². The van der Waals surface area contributed by atoms with Gasteiger partial charge in [0.05, 0.1) is 0 Å². The largest absolute Gasteiger partial charge is 1.00 e. The summed E-state index contributed by atoms with van der Waals surface area (Å²) >= 11 is 1.09. The van der Waals surface area contributed by atoms with E-state index in [0.29, 0.717) is 5.56 Å². The normalized spacial score (nSPS) is 11.7. The number of halogens is 5. The monoisotopic (exact) mass is 736 g/mol. The van der Waals surface area contributed by atoms with Gasteiger partial charge in [0, 0.05) is 0 Å². The van der Waals surface area contributed by atoms with E-state index in [1.807, 2.05) is 60.7 Å². The van der Waals surface area contributed by atoms with Crippen molar-refractivity contribution in [2.75, 3.05) is 0 Å². The Kier molecular flexibility index (Phi) is 14.1. The van der Waals surface area contributed by atoms with Gasteiger partial charge in [-0.05, 0) is 17.4 Å². The van der Waals surface area contributed by atoms with Crippen LogP contribution in [0.25, 0.3) is 11.1 Å². The van der Waals surface area contributed by atoms with Crippen molar-refractivity contribution >= 4 is 3.21 Å². The number of hydrogen-bond donors (Lipinski definition) is 0. The molecule has 46 heavy (non-hydrogen) atoms. The summed E-state index contributed by atoms with van der Waals surface area (Å²) in [7, 11) is 0. The predicted molar refractivity (Wildman–Crippen MR) is 174 cm³/mol. The second-order valence-electron chi connectivity index (χ2n) is 13.1.